The number of rotatable bonds is 5. The summed E-state index contributed by atoms with van der Waals surface area (Å²) in [6, 6.07) is 10.1. The van der Waals surface area contributed by atoms with Crippen molar-refractivity contribution in [2.24, 2.45) is 0 Å². The molecule has 0 spiro atoms. The van der Waals surface area contributed by atoms with E-state index in [1.165, 1.54) is 0 Å². The maximum atomic E-state index is 12.2. The lowest BCUT2D eigenvalue weighted by Gasteiger charge is -2.26. The maximum Gasteiger partial charge on any atom is 0.255 e. The number of benzene rings is 1. The van der Waals surface area contributed by atoms with Crippen LogP contribution in [-0.4, -0.2) is 34.1 Å². The Bertz CT molecular complexity index is 424. The molecule has 4 heteroatoms. The van der Waals surface area contributed by atoms with Crippen molar-refractivity contribution in [2.45, 2.75) is 38.2 Å². The van der Waals surface area contributed by atoms with Gasteiger partial charge in [-0.3, -0.25) is 4.79 Å². The van der Waals surface area contributed by atoms with Gasteiger partial charge < -0.3 is 9.64 Å². The minimum atomic E-state index is -0.204. The molecular formula is C15H21NO2S. The van der Waals surface area contributed by atoms with Gasteiger partial charge in [-0.25, -0.2) is 0 Å². The van der Waals surface area contributed by atoms with Crippen molar-refractivity contribution in [1.29, 1.82) is 0 Å². The summed E-state index contributed by atoms with van der Waals surface area (Å²) in [6.45, 7) is 7.72. The zero-order valence-corrected chi connectivity index (χ0v) is 12.6. The van der Waals surface area contributed by atoms with Crippen LogP contribution in [0.3, 0.4) is 0 Å². The molecule has 0 N–H and O–H groups in total. The Hall–Kier alpha value is -1.00. The van der Waals surface area contributed by atoms with Crippen LogP contribution < -0.4 is 0 Å². The predicted molar refractivity (Wildman–Crippen MR) is 78.9 cm³/mol. The normalized spacial score (nSPS) is 18.2. The fourth-order valence-corrected chi connectivity index (χ4v) is 2.42. The summed E-state index contributed by atoms with van der Waals surface area (Å²) in [5, 5.41) is 0. The summed E-state index contributed by atoms with van der Waals surface area (Å²) in [5.74, 6) is 0.817. The number of amides is 1. The summed E-state index contributed by atoms with van der Waals surface area (Å²) >= 11 is 1.78. The largest absolute Gasteiger partial charge is 0.363 e. The zero-order chi connectivity index (χ0) is 13.9. The van der Waals surface area contributed by atoms with Crippen LogP contribution in [0.15, 0.2) is 30.3 Å². The number of ether oxygens (including phenoxy) is 1. The van der Waals surface area contributed by atoms with Crippen molar-refractivity contribution in [1.82, 2.24) is 4.90 Å². The van der Waals surface area contributed by atoms with E-state index in [4.69, 9.17) is 4.74 Å². The molecule has 2 rings (SSSR count). The molecule has 3 nitrogen and oxygen atoms in total. The summed E-state index contributed by atoms with van der Waals surface area (Å²) in [5.41, 5.74) is 1.16. The molecule has 1 aromatic rings. The third-order valence-electron chi connectivity index (χ3n) is 2.79. The third kappa shape index (κ3) is 4.88. The topological polar surface area (TPSA) is 32.8 Å². The SMILES string of the molecule is CC(C)(C)SCN(Cc1ccccc1)C(=O)[C@H]1CO1. The standard InChI is InChI=1S/C15H21NO2S/c1-15(2,3)19-11-16(14(17)13-10-18-13)9-12-7-5-4-6-8-12/h4-8,13H,9-11H2,1-3H3/t13-/m1/s1. The predicted octanol–water partition coefficient (Wildman–Crippen LogP) is 2.90. The molecule has 1 heterocycles. The third-order valence-corrected chi connectivity index (χ3v) is 4.10. The summed E-state index contributed by atoms with van der Waals surface area (Å²) in [7, 11) is 0. The molecule has 0 saturated carbocycles. The second-order valence-corrected chi connectivity index (χ2v) is 7.50. The highest BCUT2D eigenvalue weighted by Crippen LogP contribution is 2.26. The molecular weight excluding hydrogens is 258 g/mol. The van der Waals surface area contributed by atoms with Gasteiger partial charge in [-0.2, -0.15) is 0 Å². The van der Waals surface area contributed by atoms with E-state index in [9.17, 15) is 4.79 Å². The highest BCUT2D eigenvalue weighted by Gasteiger charge is 2.35. The van der Waals surface area contributed by atoms with Crippen LogP contribution in [-0.2, 0) is 16.1 Å². The quantitative estimate of drug-likeness (QED) is 0.614. The molecule has 1 saturated heterocycles. The minimum absolute atomic E-state index is 0.112. The Morgan fingerprint density at radius 1 is 1.37 bits per heavy atom. The molecule has 1 atom stereocenters. The van der Waals surface area contributed by atoms with Crippen LogP contribution in [0.1, 0.15) is 26.3 Å². The lowest BCUT2D eigenvalue weighted by molar-refractivity contribution is -0.132. The van der Waals surface area contributed by atoms with E-state index in [0.717, 1.165) is 5.56 Å². The molecule has 0 radical (unpaired) electrons. The molecule has 1 aliphatic heterocycles. The van der Waals surface area contributed by atoms with Crippen molar-refractivity contribution in [3.05, 3.63) is 35.9 Å². The summed E-state index contributed by atoms with van der Waals surface area (Å²) in [4.78, 5) is 14.1. The fraction of sp³-hybridized carbons (Fsp3) is 0.533. The van der Waals surface area contributed by atoms with Crippen LogP contribution in [0, 0.1) is 0 Å². The van der Waals surface area contributed by atoms with Crippen molar-refractivity contribution in [3.63, 3.8) is 0 Å². The van der Waals surface area contributed by atoms with Gasteiger partial charge in [-0.05, 0) is 5.56 Å². The van der Waals surface area contributed by atoms with Gasteiger partial charge in [0.05, 0.1) is 12.5 Å². The van der Waals surface area contributed by atoms with Crippen LogP contribution in [0.2, 0.25) is 0 Å². The van der Waals surface area contributed by atoms with Crippen molar-refractivity contribution in [3.8, 4) is 0 Å². The Morgan fingerprint density at radius 3 is 2.53 bits per heavy atom. The van der Waals surface area contributed by atoms with E-state index >= 15 is 0 Å². The molecule has 0 unspecified atom stereocenters. The van der Waals surface area contributed by atoms with E-state index < -0.39 is 0 Å². The Balaban J connectivity index is 1.99. The van der Waals surface area contributed by atoms with Gasteiger partial charge in [0.15, 0.2) is 6.10 Å². The van der Waals surface area contributed by atoms with Gasteiger partial charge in [-0.15, -0.1) is 11.8 Å². The first-order valence-electron chi connectivity index (χ1n) is 6.54. The number of hydrogen-bond donors (Lipinski definition) is 0. The van der Waals surface area contributed by atoms with Gasteiger partial charge >= 0.3 is 0 Å². The molecule has 1 amide bonds. The van der Waals surface area contributed by atoms with E-state index in [-0.39, 0.29) is 16.8 Å². The van der Waals surface area contributed by atoms with Crippen LogP contribution in [0.5, 0.6) is 0 Å². The second kappa shape index (κ2) is 5.97. The molecule has 1 aromatic carbocycles. The number of hydrogen-bond acceptors (Lipinski definition) is 3. The highest BCUT2D eigenvalue weighted by atomic mass is 32.2. The van der Waals surface area contributed by atoms with Crippen LogP contribution in [0.25, 0.3) is 0 Å². The highest BCUT2D eigenvalue weighted by molar-refractivity contribution is 8.00. The first-order valence-corrected chi connectivity index (χ1v) is 7.52. The van der Waals surface area contributed by atoms with E-state index in [1.807, 2.05) is 23.1 Å². The average Bonchev–Trinajstić information content (AvgIpc) is 3.18. The number of thioether (sulfide) groups is 1. The zero-order valence-electron chi connectivity index (χ0n) is 11.8. The Morgan fingerprint density at radius 2 is 2.00 bits per heavy atom. The number of nitrogens with zero attached hydrogens (tertiary/aromatic N) is 1. The Kier molecular flexibility index (Phi) is 4.53. The van der Waals surface area contributed by atoms with Crippen molar-refractivity contribution < 1.29 is 9.53 Å². The second-order valence-electron chi connectivity index (χ2n) is 5.73. The van der Waals surface area contributed by atoms with Crippen LogP contribution in [0.4, 0.5) is 0 Å². The monoisotopic (exact) mass is 279 g/mol. The van der Waals surface area contributed by atoms with Gasteiger partial charge in [-0.1, -0.05) is 51.1 Å². The molecule has 1 fully saturated rings. The van der Waals surface area contributed by atoms with Crippen molar-refractivity contribution in [2.75, 3.05) is 12.5 Å². The fourth-order valence-electron chi connectivity index (χ4n) is 1.66. The first kappa shape index (κ1) is 14.4. The van der Waals surface area contributed by atoms with Gasteiger partial charge in [0.1, 0.15) is 0 Å². The van der Waals surface area contributed by atoms with Crippen molar-refractivity contribution >= 4 is 17.7 Å². The smallest absolute Gasteiger partial charge is 0.255 e. The van der Waals surface area contributed by atoms with Gasteiger partial charge in [0.2, 0.25) is 0 Å². The van der Waals surface area contributed by atoms with Gasteiger partial charge in [0, 0.05) is 11.3 Å². The molecule has 0 aliphatic carbocycles. The molecule has 19 heavy (non-hydrogen) atoms. The van der Waals surface area contributed by atoms with E-state index in [2.05, 4.69) is 32.9 Å². The lowest BCUT2D eigenvalue weighted by atomic mass is 10.2. The summed E-state index contributed by atoms with van der Waals surface area (Å²) < 4.78 is 5.27. The molecule has 104 valence electrons. The maximum absolute atomic E-state index is 12.2. The molecule has 0 bridgehead atoms. The first-order chi connectivity index (χ1) is 8.96. The number of carbonyl (C=O) groups is 1. The van der Waals surface area contributed by atoms with E-state index in [1.54, 1.807) is 11.8 Å². The lowest BCUT2D eigenvalue weighted by Crippen LogP contribution is -2.35. The number of epoxide rings is 1. The Labute approximate surface area is 119 Å². The molecule has 0 aromatic heterocycles. The molecule has 1 aliphatic rings. The van der Waals surface area contributed by atoms with E-state index in [0.29, 0.717) is 19.0 Å². The van der Waals surface area contributed by atoms with Crippen LogP contribution >= 0.6 is 11.8 Å². The average molecular weight is 279 g/mol. The summed E-state index contributed by atoms with van der Waals surface area (Å²) in [6.07, 6.45) is -0.204. The number of carbonyl (C=O) groups excluding carboxylic acids is 1. The minimum Gasteiger partial charge on any atom is -0.363 e. The van der Waals surface area contributed by atoms with Gasteiger partial charge in [0.25, 0.3) is 5.91 Å².